The minimum atomic E-state index is 0.0370. The fraction of sp³-hybridized carbons (Fsp3) is 0.538. The van der Waals surface area contributed by atoms with E-state index in [1.165, 1.54) is 4.91 Å². The van der Waals surface area contributed by atoms with Crippen LogP contribution in [-0.4, -0.2) is 25.6 Å². The van der Waals surface area contributed by atoms with Crippen LogP contribution in [0.2, 0.25) is 0 Å². The van der Waals surface area contributed by atoms with E-state index >= 15 is 0 Å². The van der Waals surface area contributed by atoms with Crippen LogP contribution in [0.15, 0.2) is 35.0 Å². The van der Waals surface area contributed by atoms with E-state index in [1.54, 1.807) is 14.2 Å². The number of hydrogen-bond acceptors (Lipinski definition) is 3. The molecule has 16 heavy (non-hydrogen) atoms. The molecule has 0 saturated heterocycles. The lowest BCUT2D eigenvalue weighted by molar-refractivity contribution is 0.0785. The van der Waals surface area contributed by atoms with Gasteiger partial charge in [0.05, 0.1) is 7.11 Å². The highest BCUT2D eigenvalue weighted by Crippen LogP contribution is 2.36. The quantitative estimate of drug-likeness (QED) is 0.732. The minimum Gasteiger partial charge on any atom is -0.498 e. The van der Waals surface area contributed by atoms with Gasteiger partial charge in [0.25, 0.3) is 0 Å². The molecule has 0 aromatic carbocycles. The molecule has 0 fully saturated rings. The Bertz CT molecular complexity index is 316. The normalized spacial score (nSPS) is 21.1. The van der Waals surface area contributed by atoms with Crippen molar-refractivity contribution >= 4 is 11.8 Å². The topological polar surface area (TPSA) is 18.5 Å². The summed E-state index contributed by atoms with van der Waals surface area (Å²) in [6.07, 6.45) is 4.82. The van der Waals surface area contributed by atoms with Gasteiger partial charge in [-0.05, 0) is 16.6 Å². The Morgan fingerprint density at radius 2 is 2.19 bits per heavy atom. The number of rotatable bonds is 5. The Morgan fingerprint density at radius 1 is 1.50 bits per heavy atom. The van der Waals surface area contributed by atoms with Gasteiger partial charge in [0.1, 0.15) is 11.9 Å². The molecule has 2 nitrogen and oxygen atoms in total. The first-order chi connectivity index (χ1) is 7.62. The Kier molecular flexibility index (Phi) is 5.16. The molecule has 0 amide bonds. The lowest BCUT2D eigenvalue weighted by Gasteiger charge is -2.25. The van der Waals surface area contributed by atoms with Gasteiger partial charge in [-0.3, -0.25) is 0 Å². The van der Waals surface area contributed by atoms with Crippen LogP contribution in [0, 0.1) is 0 Å². The third-order valence-electron chi connectivity index (χ3n) is 2.43. The summed E-state index contributed by atoms with van der Waals surface area (Å²) < 4.78 is 10.7. The summed E-state index contributed by atoms with van der Waals surface area (Å²) in [5.74, 6) is 0.880. The third kappa shape index (κ3) is 3.16. The van der Waals surface area contributed by atoms with Gasteiger partial charge in [-0.25, -0.2) is 0 Å². The second-order valence-corrected chi connectivity index (χ2v) is 5.60. The SMILES string of the molecule is C=CC1=C(SC(C)C)CC(OC)C(OC)=C1. The minimum absolute atomic E-state index is 0.0370. The molecule has 0 aromatic heterocycles. The highest BCUT2D eigenvalue weighted by Gasteiger charge is 2.23. The maximum atomic E-state index is 5.42. The second kappa shape index (κ2) is 6.16. The molecular formula is C13H20O2S. The molecule has 0 spiro atoms. The third-order valence-corrected chi connectivity index (χ3v) is 3.58. The van der Waals surface area contributed by atoms with Crippen LogP contribution < -0.4 is 0 Å². The molecule has 90 valence electrons. The van der Waals surface area contributed by atoms with Crippen molar-refractivity contribution in [2.24, 2.45) is 0 Å². The standard InChI is InChI=1S/C13H20O2S/c1-6-10-7-11(14-4)12(15-5)8-13(10)16-9(2)3/h6-7,9,12H,1,8H2,2-5H3. The lowest BCUT2D eigenvalue weighted by Crippen LogP contribution is -2.19. The van der Waals surface area contributed by atoms with Gasteiger partial charge in [0.15, 0.2) is 0 Å². The van der Waals surface area contributed by atoms with E-state index < -0.39 is 0 Å². The summed E-state index contributed by atoms with van der Waals surface area (Å²) in [5, 5.41) is 0.569. The zero-order valence-corrected chi connectivity index (χ0v) is 11.3. The largest absolute Gasteiger partial charge is 0.498 e. The lowest BCUT2D eigenvalue weighted by atomic mass is 10.0. The average molecular weight is 240 g/mol. The molecule has 1 atom stereocenters. The molecule has 0 aromatic rings. The molecule has 0 aliphatic heterocycles. The predicted molar refractivity (Wildman–Crippen MR) is 70.5 cm³/mol. The van der Waals surface area contributed by atoms with Crippen molar-refractivity contribution in [3.05, 3.63) is 35.0 Å². The van der Waals surface area contributed by atoms with Crippen LogP contribution >= 0.6 is 11.8 Å². The summed E-state index contributed by atoms with van der Waals surface area (Å²) in [6, 6.07) is 0. The van der Waals surface area contributed by atoms with E-state index in [2.05, 4.69) is 20.4 Å². The van der Waals surface area contributed by atoms with Crippen molar-refractivity contribution in [1.82, 2.24) is 0 Å². The maximum absolute atomic E-state index is 5.42. The molecule has 1 aliphatic carbocycles. The van der Waals surface area contributed by atoms with Crippen LogP contribution in [0.4, 0.5) is 0 Å². The van der Waals surface area contributed by atoms with Gasteiger partial charge in [-0.1, -0.05) is 26.5 Å². The van der Waals surface area contributed by atoms with E-state index in [1.807, 2.05) is 23.9 Å². The second-order valence-electron chi connectivity index (χ2n) is 3.93. The van der Waals surface area contributed by atoms with Gasteiger partial charge < -0.3 is 9.47 Å². The first kappa shape index (κ1) is 13.4. The van der Waals surface area contributed by atoms with Gasteiger partial charge in [0, 0.05) is 18.8 Å². The fourth-order valence-electron chi connectivity index (χ4n) is 1.68. The van der Waals surface area contributed by atoms with Crippen molar-refractivity contribution in [2.45, 2.75) is 31.6 Å². The summed E-state index contributed by atoms with van der Waals surface area (Å²) in [7, 11) is 3.40. The van der Waals surface area contributed by atoms with Crippen molar-refractivity contribution in [3.8, 4) is 0 Å². The smallest absolute Gasteiger partial charge is 0.125 e. The van der Waals surface area contributed by atoms with Gasteiger partial charge >= 0.3 is 0 Å². The number of hydrogen-bond donors (Lipinski definition) is 0. The number of ether oxygens (including phenoxy) is 2. The van der Waals surface area contributed by atoms with Gasteiger partial charge in [-0.2, -0.15) is 0 Å². The molecule has 0 heterocycles. The van der Waals surface area contributed by atoms with E-state index in [0.717, 1.165) is 17.8 Å². The molecular weight excluding hydrogens is 220 g/mol. The van der Waals surface area contributed by atoms with Gasteiger partial charge in [0.2, 0.25) is 0 Å². The van der Waals surface area contributed by atoms with Gasteiger partial charge in [-0.15, -0.1) is 11.8 Å². The summed E-state index contributed by atoms with van der Waals surface area (Å²) in [6.45, 7) is 8.23. The zero-order chi connectivity index (χ0) is 12.1. The number of thioether (sulfide) groups is 1. The average Bonchev–Trinajstić information content (AvgIpc) is 2.27. The molecule has 0 radical (unpaired) electrons. The molecule has 3 heteroatoms. The van der Waals surface area contributed by atoms with Crippen molar-refractivity contribution in [1.29, 1.82) is 0 Å². The van der Waals surface area contributed by atoms with E-state index in [0.29, 0.717) is 5.25 Å². The monoisotopic (exact) mass is 240 g/mol. The van der Waals surface area contributed by atoms with Crippen LogP contribution in [0.1, 0.15) is 20.3 Å². The first-order valence-electron chi connectivity index (χ1n) is 5.43. The van der Waals surface area contributed by atoms with E-state index in [4.69, 9.17) is 9.47 Å². The van der Waals surface area contributed by atoms with Crippen LogP contribution in [-0.2, 0) is 9.47 Å². The Hall–Kier alpha value is -0.670. The summed E-state index contributed by atoms with van der Waals surface area (Å²) in [5.41, 5.74) is 1.16. The van der Waals surface area contributed by atoms with Crippen LogP contribution in [0.25, 0.3) is 0 Å². The van der Waals surface area contributed by atoms with Crippen molar-refractivity contribution < 1.29 is 9.47 Å². The summed E-state index contributed by atoms with van der Waals surface area (Å²) in [4.78, 5) is 1.33. The fourth-order valence-corrected chi connectivity index (χ4v) is 2.77. The molecule has 0 bridgehead atoms. The first-order valence-corrected chi connectivity index (χ1v) is 6.31. The van der Waals surface area contributed by atoms with E-state index in [-0.39, 0.29) is 6.10 Å². The molecule has 1 unspecified atom stereocenters. The predicted octanol–water partition coefficient (Wildman–Crippen LogP) is 3.52. The Balaban J connectivity index is 2.97. The number of allylic oxidation sites excluding steroid dienone is 3. The summed E-state index contributed by atoms with van der Waals surface area (Å²) >= 11 is 1.87. The highest BCUT2D eigenvalue weighted by molar-refractivity contribution is 8.03. The van der Waals surface area contributed by atoms with Crippen molar-refractivity contribution in [3.63, 3.8) is 0 Å². The van der Waals surface area contributed by atoms with Crippen LogP contribution in [0.3, 0.4) is 0 Å². The molecule has 0 saturated carbocycles. The highest BCUT2D eigenvalue weighted by atomic mass is 32.2. The van der Waals surface area contributed by atoms with Crippen molar-refractivity contribution in [2.75, 3.05) is 14.2 Å². The molecule has 1 aliphatic rings. The Labute approximate surface area is 102 Å². The number of methoxy groups -OCH3 is 2. The molecule has 1 rings (SSSR count). The Morgan fingerprint density at radius 3 is 2.62 bits per heavy atom. The molecule has 0 N–H and O–H groups in total. The zero-order valence-electron chi connectivity index (χ0n) is 10.4. The van der Waals surface area contributed by atoms with Crippen LogP contribution in [0.5, 0.6) is 0 Å². The maximum Gasteiger partial charge on any atom is 0.125 e. The van der Waals surface area contributed by atoms with E-state index in [9.17, 15) is 0 Å².